The second-order valence-electron chi connectivity index (χ2n) is 22.5. The largest absolute Gasteiger partial charge is 0.455 e. The van der Waals surface area contributed by atoms with Gasteiger partial charge >= 0.3 is 0 Å². The molecule has 2 aromatic heterocycles. The molecule has 0 bridgehead atoms. The zero-order chi connectivity index (χ0) is 47.7. The molecular formula is C68H56O2. The highest BCUT2D eigenvalue weighted by Crippen LogP contribution is 2.64. The Hall–Kier alpha value is -7.42. The van der Waals surface area contributed by atoms with Crippen molar-refractivity contribution < 1.29 is 8.83 Å². The Labute approximate surface area is 410 Å². The molecule has 0 aliphatic heterocycles. The van der Waals surface area contributed by atoms with Crippen molar-refractivity contribution in [1.82, 2.24) is 0 Å². The third kappa shape index (κ3) is 5.40. The van der Waals surface area contributed by atoms with Gasteiger partial charge in [-0.15, -0.1) is 0 Å². The van der Waals surface area contributed by atoms with Crippen LogP contribution in [0.5, 0.6) is 0 Å². The number of hydrogen-bond donors (Lipinski definition) is 0. The smallest absolute Gasteiger partial charge is 0.144 e. The maximum Gasteiger partial charge on any atom is 0.144 e. The molecule has 2 heterocycles. The monoisotopic (exact) mass is 904 g/mol. The van der Waals surface area contributed by atoms with Crippen molar-refractivity contribution >= 4 is 43.9 Å². The summed E-state index contributed by atoms with van der Waals surface area (Å²) < 4.78 is 13.9. The summed E-state index contributed by atoms with van der Waals surface area (Å²) in [6.45, 7) is 21.3. The number of benzene rings is 9. The first-order valence-corrected chi connectivity index (χ1v) is 25.3. The summed E-state index contributed by atoms with van der Waals surface area (Å²) >= 11 is 0. The number of aryl methyl sites for hydroxylation is 3. The van der Waals surface area contributed by atoms with Crippen molar-refractivity contribution in [1.29, 1.82) is 0 Å². The van der Waals surface area contributed by atoms with Gasteiger partial charge in [-0.05, 0) is 140 Å². The lowest BCUT2D eigenvalue weighted by atomic mass is 9.71. The van der Waals surface area contributed by atoms with E-state index < -0.39 is 0 Å². The fraction of sp³-hybridized carbons (Fsp3) is 0.206. The Morgan fingerprint density at radius 1 is 0.414 bits per heavy atom. The van der Waals surface area contributed by atoms with Gasteiger partial charge in [0.2, 0.25) is 0 Å². The summed E-state index contributed by atoms with van der Waals surface area (Å²) in [7, 11) is 0. The average Bonchev–Trinajstić information content (AvgIpc) is 4.10. The van der Waals surface area contributed by atoms with Crippen molar-refractivity contribution in [3.63, 3.8) is 0 Å². The Kier molecular flexibility index (Phi) is 8.37. The molecule has 9 aromatic carbocycles. The quantitative estimate of drug-likeness (QED) is 0.172. The van der Waals surface area contributed by atoms with Crippen LogP contribution in [-0.2, 0) is 22.7 Å². The van der Waals surface area contributed by atoms with Gasteiger partial charge in [-0.3, -0.25) is 0 Å². The van der Waals surface area contributed by atoms with Crippen LogP contribution in [0.15, 0.2) is 167 Å². The predicted molar refractivity (Wildman–Crippen MR) is 292 cm³/mol. The summed E-state index contributed by atoms with van der Waals surface area (Å²) in [5.41, 5.74) is 29.7. The van der Waals surface area contributed by atoms with Crippen molar-refractivity contribution in [3.8, 4) is 44.5 Å². The van der Waals surface area contributed by atoms with Gasteiger partial charge in [0.05, 0.1) is 0 Å². The van der Waals surface area contributed by atoms with E-state index in [0.29, 0.717) is 0 Å². The first-order valence-electron chi connectivity index (χ1n) is 25.3. The molecule has 0 saturated heterocycles. The Morgan fingerprint density at radius 2 is 1.00 bits per heavy atom. The highest BCUT2D eigenvalue weighted by Gasteiger charge is 2.49. The lowest BCUT2D eigenvalue weighted by Crippen LogP contribution is -2.24. The van der Waals surface area contributed by atoms with E-state index in [-0.39, 0.29) is 22.2 Å². The van der Waals surface area contributed by atoms with Gasteiger partial charge in [-0.2, -0.15) is 0 Å². The van der Waals surface area contributed by atoms with Gasteiger partial charge in [0.15, 0.2) is 0 Å². The molecule has 340 valence electrons. The van der Waals surface area contributed by atoms with Crippen molar-refractivity contribution in [2.75, 3.05) is 0 Å². The van der Waals surface area contributed by atoms with Crippen LogP contribution in [-0.4, -0.2) is 0 Å². The molecule has 3 aliphatic carbocycles. The highest BCUT2D eigenvalue weighted by molar-refractivity contribution is 6.21. The molecule has 1 unspecified atom stereocenters. The van der Waals surface area contributed by atoms with E-state index in [2.05, 4.69) is 220 Å². The number of fused-ring (bicyclic) bond motifs is 19. The van der Waals surface area contributed by atoms with Crippen LogP contribution in [0.3, 0.4) is 0 Å². The van der Waals surface area contributed by atoms with Crippen LogP contribution in [0, 0.1) is 20.8 Å². The lowest BCUT2D eigenvalue weighted by molar-refractivity contribution is 0.599. The summed E-state index contributed by atoms with van der Waals surface area (Å²) in [6.07, 6.45) is 0.875. The standard InChI is InChI=1S/C68H56O2/c1-37-26-29-43(39(3)32-37)50-36-54-57(59-47-21-13-16-24-55(47)69-64(50)59)45-30-27-40(34-52(45)66(54,4)5)33-49(42-19-11-10-18-38(42)2)41-28-31-46-53(35-41)68(8,9)63-61(46)65-60(48-22-14-17-25-56(48)70-65)58-44-20-12-15-23-51(44)67(6,7)62(58)63/h10-32,34-36,49H,33H2,1-9H3. The third-order valence-electron chi connectivity index (χ3n) is 17.4. The molecule has 0 N–H and O–H groups in total. The second kappa shape index (κ2) is 14.1. The predicted octanol–water partition coefficient (Wildman–Crippen LogP) is 18.4. The van der Waals surface area contributed by atoms with Gasteiger partial charge in [-0.1, -0.05) is 187 Å². The minimum atomic E-state index is -0.282. The van der Waals surface area contributed by atoms with Gasteiger partial charge in [0, 0.05) is 54.8 Å². The lowest BCUT2D eigenvalue weighted by Gasteiger charge is -2.31. The van der Waals surface area contributed by atoms with Crippen molar-refractivity contribution in [3.05, 3.63) is 224 Å². The van der Waals surface area contributed by atoms with Crippen LogP contribution in [0.2, 0.25) is 0 Å². The zero-order valence-corrected chi connectivity index (χ0v) is 41.6. The second-order valence-corrected chi connectivity index (χ2v) is 22.5. The van der Waals surface area contributed by atoms with E-state index in [0.717, 1.165) is 28.8 Å². The molecule has 0 radical (unpaired) electrons. The Bertz CT molecular complexity index is 4100. The molecular weight excluding hydrogens is 849 g/mol. The molecule has 70 heavy (non-hydrogen) atoms. The normalized spacial score (nSPS) is 15.8. The molecule has 2 nitrogen and oxygen atoms in total. The number of hydrogen-bond acceptors (Lipinski definition) is 2. The van der Waals surface area contributed by atoms with E-state index in [4.69, 9.17) is 8.83 Å². The molecule has 1 atom stereocenters. The maximum atomic E-state index is 7.05. The summed E-state index contributed by atoms with van der Waals surface area (Å²) in [5, 5.41) is 4.84. The molecule has 0 saturated carbocycles. The van der Waals surface area contributed by atoms with Crippen molar-refractivity contribution in [2.24, 2.45) is 0 Å². The summed E-state index contributed by atoms with van der Waals surface area (Å²) in [6, 6.07) is 59.4. The molecule has 0 amide bonds. The highest BCUT2D eigenvalue weighted by atomic mass is 16.3. The van der Waals surface area contributed by atoms with Crippen LogP contribution in [0.1, 0.15) is 114 Å². The van der Waals surface area contributed by atoms with Crippen LogP contribution >= 0.6 is 0 Å². The van der Waals surface area contributed by atoms with Gasteiger partial charge < -0.3 is 8.83 Å². The topological polar surface area (TPSA) is 26.3 Å². The molecule has 14 rings (SSSR count). The maximum absolute atomic E-state index is 7.05. The zero-order valence-electron chi connectivity index (χ0n) is 41.6. The van der Waals surface area contributed by atoms with E-state index >= 15 is 0 Å². The number of rotatable bonds is 5. The molecule has 11 aromatic rings. The fourth-order valence-electron chi connectivity index (χ4n) is 14.0. The summed E-state index contributed by atoms with van der Waals surface area (Å²) in [5.74, 6) is 0.134. The van der Waals surface area contributed by atoms with Crippen LogP contribution in [0.4, 0.5) is 0 Å². The molecule has 3 aliphatic rings. The van der Waals surface area contributed by atoms with Gasteiger partial charge in [0.1, 0.15) is 22.3 Å². The minimum absolute atomic E-state index is 0.134. The van der Waals surface area contributed by atoms with Crippen molar-refractivity contribution in [2.45, 2.75) is 90.9 Å². The average molecular weight is 905 g/mol. The first-order chi connectivity index (χ1) is 33.7. The van der Waals surface area contributed by atoms with Gasteiger partial charge in [-0.25, -0.2) is 0 Å². The van der Waals surface area contributed by atoms with Crippen LogP contribution in [0.25, 0.3) is 88.4 Å². The SMILES string of the molecule is Cc1ccc(-c2cc3c(c4c2oc2ccccc24)-c2ccc(CC(c4ccc5c(c4)C(C)(C)c4c6c(c7c(oc8ccccc87)c4-5)-c4ccccc4C6(C)C)c4ccccc4C)cc2C3(C)C)c(C)c1. The van der Waals surface area contributed by atoms with Gasteiger partial charge in [0.25, 0.3) is 0 Å². The first kappa shape index (κ1) is 41.5. The Morgan fingerprint density at radius 3 is 1.76 bits per heavy atom. The minimum Gasteiger partial charge on any atom is -0.455 e. The molecule has 0 fully saturated rings. The Balaban J connectivity index is 0.933. The fourth-order valence-corrected chi connectivity index (χ4v) is 14.0. The molecule has 2 heteroatoms. The van der Waals surface area contributed by atoms with E-state index in [1.165, 1.54) is 133 Å². The summed E-state index contributed by atoms with van der Waals surface area (Å²) in [4.78, 5) is 0. The number of furan rings is 2. The van der Waals surface area contributed by atoms with E-state index in [1.807, 2.05) is 0 Å². The van der Waals surface area contributed by atoms with E-state index in [1.54, 1.807) is 0 Å². The van der Waals surface area contributed by atoms with Crippen LogP contribution < -0.4 is 0 Å². The van der Waals surface area contributed by atoms with E-state index in [9.17, 15) is 0 Å². The number of para-hydroxylation sites is 2. The third-order valence-corrected chi connectivity index (χ3v) is 17.4. The molecule has 0 spiro atoms.